The highest BCUT2D eigenvalue weighted by molar-refractivity contribution is 5.81. The van der Waals surface area contributed by atoms with Crippen molar-refractivity contribution < 1.29 is 9.53 Å². The predicted octanol–water partition coefficient (Wildman–Crippen LogP) is 1.49. The average Bonchev–Trinajstić information content (AvgIpc) is 2.52. The maximum atomic E-state index is 11.9. The van der Waals surface area contributed by atoms with Gasteiger partial charge in [-0.2, -0.15) is 0 Å². The maximum absolute atomic E-state index is 11.9. The third-order valence-corrected chi connectivity index (χ3v) is 3.83. The van der Waals surface area contributed by atoms with Crippen LogP contribution in [-0.4, -0.2) is 31.7 Å². The van der Waals surface area contributed by atoms with Crippen LogP contribution in [0.2, 0.25) is 0 Å². The van der Waals surface area contributed by atoms with Crippen molar-refractivity contribution in [3.8, 4) is 0 Å². The molecule has 1 unspecified atom stereocenters. The molecular formula is C16H24N2O2. The number of carbonyl (C=O) groups excluding carboxylic acids is 1. The fourth-order valence-corrected chi connectivity index (χ4v) is 2.42. The number of ether oxygens (including phenoxy) is 1. The number of aryl methyl sites for hydroxylation is 1. The van der Waals surface area contributed by atoms with Crippen molar-refractivity contribution >= 4 is 5.91 Å². The lowest BCUT2D eigenvalue weighted by atomic mass is 10.00. The summed E-state index contributed by atoms with van der Waals surface area (Å²) in [5.74, 6) is 0.501. The van der Waals surface area contributed by atoms with Crippen LogP contribution in [0.5, 0.6) is 0 Å². The van der Waals surface area contributed by atoms with Crippen LogP contribution >= 0.6 is 0 Å². The molecule has 2 rings (SSSR count). The summed E-state index contributed by atoms with van der Waals surface area (Å²) in [6, 6.07) is 9.71. The second-order valence-electron chi connectivity index (χ2n) is 5.43. The summed E-state index contributed by atoms with van der Waals surface area (Å²) in [7, 11) is 0. The van der Waals surface area contributed by atoms with Crippen LogP contribution in [0.4, 0.5) is 0 Å². The number of rotatable bonds is 6. The standard InChI is InChI=1S/C16H24N2O2/c17-15(7-6-13-4-2-1-3-5-13)16(19)18-12-14-8-10-20-11-9-14/h1-5,14-15H,6-12,17H2,(H,18,19). The van der Waals surface area contributed by atoms with E-state index in [-0.39, 0.29) is 5.91 Å². The fourth-order valence-electron chi connectivity index (χ4n) is 2.42. The maximum Gasteiger partial charge on any atom is 0.236 e. The van der Waals surface area contributed by atoms with Crippen LogP contribution in [0.3, 0.4) is 0 Å². The summed E-state index contributed by atoms with van der Waals surface area (Å²) in [5.41, 5.74) is 7.17. The van der Waals surface area contributed by atoms with Gasteiger partial charge in [-0.1, -0.05) is 30.3 Å². The molecule has 1 aliphatic rings. The molecule has 1 heterocycles. The Morgan fingerprint density at radius 1 is 1.30 bits per heavy atom. The van der Waals surface area contributed by atoms with E-state index in [1.54, 1.807) is 0 Å². The smallest absolute Gasteiger partial charge is 0.236 e. The van der Waals surface area contributed by atoms with Crippen LogP contribution in [0, 0.1) is 5.92 Å². The van der Waals surface area contributed by atoms with Crippen LogP contribution in [0.25, 0.3) is 0 Å². The first-order valence-corrected chi connectivity index (χ1v) is 7.40. The molecule has 1 fully saturated rings. The summed E-state index contributed by atoms with van der Waals surface area (Å²) in [6.45, 7) is 2.34. The van der Waals surface area contributed by atoms with E-state index in [0.29, 0.717) is 12.3 Å². The largest absolute Gasteiger partial charge is 0.381 e. The number of amides is 1. The summed E-state index contributed by atoms with van der Waals surface area (Å²) >= 11 is 0. The SMILES string of the molecule is NC(CCc1ccccc1)C(=O)NCC1CCOCC1. The Morgan fingerprint density at radius 3 is 2.70 bits per heavy atom. The first-order chi connectivity index (χ1) is 9.75. The van der Waals surface area contributed by atoms with E-state index in [0.717, 1.165) is 39.0 Å². The first-order valence-electron chi connectivity index (χ1n) is 7.40. The lowest BCUT2D eigenvalue weighted by molar-refractivity contribution is -0.122. The monoisotopic (exact) mass is 276 g/mol. The van der Waals surface area contributed by atoms with E-state index in [9.17, 15) is 4.79 Å². The van der Waals surface area contributed by atoms with E-state index in [1.807, 2.05) is 18.2 Å². The van der Waals surface area contributed by atoms with Gasteiger partial charge in [0.1, 0.15) is 0 Å². The Balaban J connectivity index is 1.66. The molecular weight excluding hydrogens is 252 g/mol. The zero-order chi connectivity index (χ0) is 14.2. The van der Waals surface area contributed by atoms with Crippen LogP contribution in [0.1, 0.15) is 24.8 Å². The number of hydrogen-bond acceptors (Lipinski definition) is 3. The van der Waals surface area contributed by atoms with Crippen molar-refractivity contribution in [2.75, 3.05) is 19.8 Å². The zero-order valence-corrected chi connectivity index (χ0v) is 11.9. The molecule has 1 saturated heterocycles. The van der Waals surface area contributed by atoms with Crippen molar-refractivity contribution in [1.29, 1.82) is 0 Å². The van der Waals surface area contributed by atoms with Crippen molar-refractivity contribution in [2.24, 2.45) is 11.7 Å². The highest BCUT2D eigenvalue weighted by Crippen LogP contribution is 2.13. The highest BCUT2D eigenvalue weighted by Gasteiger charge is 2.17. The van der Waals surface area contributed by atoms with Gasteiger partial charge < -0.3 is 15.8 Å². The topological polar surface area (TPSA) is 64.4 Å². The normalized spacial score (nSPS) is 17.6. The van der Waals surface area contributed by atoms with Gasteiger partial charge in [-0.05, 0) is 37.2 Å². The minimum absolute atomic E-state index is 0.0348. The number of carbonyl (C=O) groups is 1. The van der Waals surface area contributed by atoms with Gasteiger partial charge in [0, 0.05) is 19.8 Å². The lowest BCUT2D eigenvalue weighted by Crippen LogP contribution is -2.43. The van der Waals surface area contributed by atoms with Crippen LogP contribution in [-0.2, 0) is 16.0 Å². The molecule has 0 saturated carbocycles. The minimum atomic E-state index is -0.421. The van der Waals surface area contributed by atoms with Gasteiger partial charge in [0.05, 0.1) is 6.04 Å². The Bertz CT molecular complexity index is 402. The Hall–Kier alpha value is -1.39. The molecule has 4 nitrogen and oxygen atoms in total. The summed E-state index contributed by atoms with van der Waals surface area (Å²) in [4.78, 5) is 11.9. The molecule has 1 aromatic carbocycles. The van der Waals surface area contributed by atoms with Gasteiger partial charge in [-0.3, -0.25) is 4.79 Å². The quantitative estimate of drug-likeness (QED) is 0.827. The number of nitrogens with two attached hydrogens (primary N) is 1. The first kappa shape index (κ1) is 15.0. The fraction of sp³-hybridized carbons (Fsp3) is 0.562. The van der Waals surface area contributed by atoms with Crippen molar-refractivity contribution in [3.63, 3.8) is 0 Å². The van der Waals surface area contributed by atoms with Gasteiger partial charge in [-0.25, -0.2) is 0 Å². The van der Waals surface area contributed by atoms with Gasteiger partial charge in [0.25, 0.3) is 0 Å². The van der Waals surface area contributed by atoms with E-state index < -0.39 is 6.04 Å². The number of nitrogens with one attached hydrogen (secondary N) is 1. The Kier molecular flexibility index (Phi) is 6.02. The molecule has 1 aromatic rings. The Morgan fingerprint density at radius 2 is 2.00 bits per heavy atom. The average molecular weight is 276 g/mol. The van der Waals surface area contributed by atoms with Crippen LogP contribution in [0.15, 0.2) is 30.3 Å². The molecule has 4 heteroatoms. The molecule has 1 aliphatic heterocycles. The molecule has 20 heavy (non-hydrogen) atoms. The molecule has 1 amide bonds. The predicted molar refractivity (Wildman–Crippen MR) is 79.3 cm³/mol. The zero-order valence-electron chi connectivity index (χ0n) is 11.9. The summed E-state index contributed by atoms with van der Waals surface area (Å²) < 4.78 is 5.30. The number of hydrogen-bond donors (Lipinski definition) is 2. The molecule has 0 aliphatic carbocycles. The number of benzene rings is 1. The molecule has 0 radical (unpaired) electrons. The molecule has 0 aromatic heterocycles. The molecule has 110 valence electrons. The lowest BCUT2D eigenvalue weighted by Gasteiger charge is -2.23. The van der Waals surface area contributed by atoms with Gasteiger partial charge >= 0.3 is 0 Å². The molecule has 1 atom stereocenters. The third-order valence-electron chi connectivity index (χ3n) is 3.83. The van der Waals surface area contributed by atoms with Gasteiger partial charge in [-0.15, -0.1) is 0 Å². The highest BCUT2D eigenvalue weighted by atomic mass is 16.5. The van der Waals surface area contributed by atoms with Gasteiger partial charge in [0.15, 0.2) is 0 Å². The van der Waals surface area contributed by atoms with E-state index in [2.05, 4.69) is 17.4 Å². The summed E-state index contributed by atoms with van der Waals surface area (Å²) in [6.07, 6.45) is 3.58. The van der Waals surface area contributed by atoms with E-state index >= 15 is 0 Å². The van der Waals surface area contributed by atoms with E-state index in [1.165, 1.54) is 5.56 Å². The second kappa shape index (κ2) is 8.02. The van der Waals surface area contributed by atoms with E-state index in [4.69, 9.17) is 10.5 Å². The molecule has 3 N–H and O–H groups in total. The second-order valence-corrected chi connectivity index (χ2v) is 5.43. The van der Waals surface area contributed by atoms with Crippen molar-refractivity contribution in [1.82, 2.24) is 5.32 Å². The van der Waals surface area contributed by atoms with Crippen molar-refractivity contribution in [3.05, 3.63) is 35.9 Å². The summed E-state index contributed by atoms with van der Waals surface area (Å²) in [5, 5.41) is 2.97. The molecule has 0 bridgehead atoms. The third kappa shape index (κ3) is 4.94. The Labute approximate surface area is 120 Å². The van der Waals surface area contributed by atoms with Crippen molar-refractivity contribution in [2.45, 2.75) is 31.7 Å². The minimum Gasteiger partial charge on any atom is -0.381 e. The van der Waals surface area contributed by atoms with Crippen LogP contribution < -0.4 is 11.1 Å². The molecule has 0 spiro atoms. The van der Waals surface area contributed by atoms with Gasteiger partial charge in [0.2, 0.25) is 5.91 Å².